The highest BCUT2D eigenvalue weighted by molar-refractivity contribution is 6.15. The van der Waals surface area contributed by atoms with E-state index in [0.717, 1.165) is 6.07 Å². The maximum Gasteiger partial charge on any atom is 0.338 e. The number of carboxylic acids is 2. The molecule has 0 atom stereocenters. The predicted octanol–water partition coefficient (Wildman–Crippen LogP) is 2.11. The van der Waals surface area contributed by atoms with Crippen molar-refractivity contribution in [2.45, 2.75) is 13.8 Å². The zero-order valence-corrected chi connectivity index (χ0v) is 13.1. The molecule has 0 fully saturated rings. The van der Waals surface area contributed by atoms with Gasteiger partial charge in [-0.2, -0.15) is 0 Å². The summed E-state index contributed by atoms with van der Waals surface area (Å²) < 4.78 is 0. The van der Waals surface area contributed by atoms with Crippen LogP contribution in [0.1, 0.15) is 34.6 Å². The highest BCUT2D eigenvalue weighted by Gasteiger charge is 2.25. The van der Waals surface area contributed by atoms with Gasteiger partial charge in [-0.25, -0.2) is 9.59 Å². The molecule has 8 nitrogen and oxygen atoms in total. The average Bonchev–Trinajstić information content (AvgIpc) is 2.47. The summed E-state index contributed by atoms with van der Waals surface area (Å²) in [6, 6.07) is 2.21. The van der Waals surface area contributed by atoms with Crippen LogP contribution >= 0.6 is 0 Å². The van der Waals surface area contributed by atoms with E-state index in [0.29, 0.717) is 0 Å². The van der Waals surface area contributed by atoms with E-state index in [1.165, 1.54) is 19.9 Å². The lowest BCUT2D eigenvalue weighted by molar-refractivity contribution is -0.113. The number of rotatable bonds is 6. The van der Waals surface area contributed by atoms with Gasteiger partial charge in [-0.3, -0.25) is 9.59 Å². The van der Waals surface area contributed by atoms with Gasteiger partial charge in [0.1, 0.15) is 0 Å². The topological polar surface area (TPSA) is 133 Å². The first-order valence-corrected chi connectivity index (χ1v) is 6.63. The number of aromatic carboxylic acids is 2. The van der Waals surface area contributed by atoms with E-state index < -0.39 is 34.9 Å². The fourth-order valence-electron chi connectivity index (χ4n) is 1.69. The Bertz CT molecular complexity index is 779. The minimum atomic E-state index is -1.57. The number of carboxylic acid groups (broad SMARTS) is 2. The molecule has 2 amide bonds. The van der Waals surface area contributed by atoms with Crippen LogP contribution in [0, 0.1) is 0 Å². The second-order valence-corrected chi connectivity index (χ2v) is 4.99. The van der Waals surface area contributed by atoms with E-state index in [9.17, 15) is 24.3 Å². The normalized spacial score (nSPS) is 9.75. The molecule has 0 spiro atoms. The molecule has 1 rings (SSSR count). The molecular weight excluding hydrogens is 316 g/mol. The third-order valence-electron chi connectivity index (χ3n) is 2.91. The van der Waals surface area contributed by atoms with Crippen molar-refractivity contribution in [1.29, 1.82) is 0 Å². The van der Waals surface area contributed by atoms with E-state index in [2.05, 4.69) is 23.8 Å². The van der Waals surface area contributed by atoms with Crippen LogP contribution in [0.15, 0.2) is 36.4 Å². The summed E-state index contributed by atoms with van der Waals surface area (Å²) in [5.74, 6) is -4.39. The van der Waals surface area contributed by atoms with Crippen LogP contribution in [0.25, 0.3) is 0 Å². The lowest BCUT2D eigenvalue weighted by Crippen LogP contribution is -2.21. The largest absolute Gasteiger partial charge is 0.478 e. The zero-order chi connectivity index (χ0) is 18.6. The summed E-state index contributed by atoms with van der Waals surface area (Å²) in [6.07, 6.45) is 0. The number of amides is 2. The number of anilines is 2. The lowest BCUT2D eigenvalue weighted by Gasteiger charge is -2.16. The summed E-state index contributed by atoms with van der Waals surface area (Å²) in [5, 5.41) is 23.1. The zero-order valence-electron chi connectivity index (χ0n) is 13.1. The molecule has 0 radical (unpaired) electrons. The summed E-state index contributed by atoms with van der Waals surface area (Å²) in [4.78, 5) is 46.4. The molecule has 0 aliphatic rings. The fraction of sp³-hybridized carbons (Fsp3) is 0.125. The molecular formula is C16H16N2O6. The standard InChI is InChI=1S/C16H16N2O6/c1-7(2)13(19)17-10-6-5-9(15(21)22)11(16(23)24)12(10)18-14(20)8(3)4/h5-6H,1,3H2,2,4H3,(H,17,19)(H,18,20)(H,21,22)(H,23,24). The van der Waals surface area contributed by atoms with Crippen LogP contribution in [0.3, 0.4) is 0 Å². The molecule has 0 unspecified atom stereocenters. The van der Waals surface area contributed by atoms with Crippen molar-refractivity contribution in [2.24, 2.45) is 0 Å². The number of nitrogens with one attached hydrogen (secondary N) is 2. The maximum absolute atomic E-state index is 11.9. The Morgan fingerprint density at radius 2 is 1.38 bits per heavy atom. The van der Waals surface area contributed by atoms with Crippen LogP contribution in [-0.4, -0.2) is 34.0 Å². The van der Waals surface area contributed by atoms with Gasteiger partial charge in [0.05, 0.1) is 22.5 Å². The first-order chi connectivity index (χ1) is 11.1. The van der Waals surface area contributed by atoms with Gasteiger partial charge in [0.15, 0.2) is 0 Å². The van der Waals surface area contributed by atoms with Gasteiger partial charge in [0.25, 0.3) is 11.8 Å². The Morgan fingerprint density at radius 3 is 1.79 bits per heavy atom. The fourth-order valence-corrected chi connectivity index (χ4v) is 1.69. The smallest absolute Gasteiger partial charge is 0.338 e. The summed E-state index contributed by atoms with van der Waals surface area (Å²) >= 11 is 0. The molecule has 0 aliphatic heterocycles. The number of carbonyl (C=O) groups excluding carboxylic acids is 2. The van der Waals surface area contributed by atoms with Crippen LogP contribution in [0.4, 0.5) is 11.4 Å². The molecule has 0 aromatic heterocycles. The van der Waals surface area contributed by atoms with Gasteiger partial charge in [-0.05, 0) is 26.0 Å². The van der Waals surface area contributed by atoms with Crippen molar-refractivity contribution in [3.63, 3.8) is 0 Å². The van der Waals surface area contributed by atoms with Crippen molar-refractivity contribution in [1.82, 2.24) is 0 Å². The molecule has 0 heterocycles. The molecule has 8 heteroatoms. The number of carbonyl (C=O) groups is 4. The molecule has 4 N–H and O–H groups in total. The number of hydrogen-bond acceptors (Lipinski definition) is 4. The first-order valence-electron chi connectivity index (χ1n) is 6.63. The van der Waals surface area contributed by atoms with E-state index >= 15 is 0 Å². The van der Waals surface area contributed by atoms with Crippen molar-refractivity contribution in [2.75, 3.05) is 10.6 Å². The molecule has 126 valence electrons. The van der Waals surface area contributed by atoms with E-state index in [1.807, 2.05) is 0 Å². The summed E-state index contributed by atoms with van der Waals surface area (Å²) in [7, 11) is 0. The van der Waals surface area contributed by atoms with Gasteiger partial charge in [0.2, 0.25) is 0 Å². The van der Waals surface area contributed by atoms with E-state index in [1.54, 1.807) is 0 Å². The molecule has 1 aromatic rings. The second-order valence-electron chi connectivity index (χ2n) is 4.99. The predicted molar refractivity (Wildman–Crippen MR) is 87.2 cm³/mol. The molecule has 0 saturated carbocycles. The van der Waals surface area contributed by atoms with Crippen molar-refractivity contribution >= 4 is 35.1 Å². The van der Waals surface area contributed by atoms with Crippen LogP contribution in [0.5, 0.6) is 0 Å². The van der Waals surface area contributed by atoms with Gasteiger partial charge in [0, 0.05) is 11.1 Å². The number of benzene rings is 1. The maximum atomic E-state index is 11.9. The minimum Gasteiger partial charge on any atom is -0.478 e. The Morgan fingerprint density at radius 1 is 0.875 bits per heavy atom. The third kappa shape index (κ3) is 4.07. The monoisotopic (exact) mass is 332 g/mol. The quantitative estimate of drug-likeness (QED) is 0.590. The average molecular weight is 332 g/mol. The molecule has 24 heavy (non-hydrogen) atoms. The van der Waals surface area contributed by atoms with Crippen LogP contribution in [0.2, 0.25) is 0 Å². The van der Waals surface area contributed by atoms with Crippen LogP contribution in [-0.2, 0) is 9.59 Å². The molecule has 1 aromatic carbocycles. The van der Waals surface area contributed by atoms with Gasteiger partial charge in [-0.15, -0.1) is 0 Å². The van der Waals surface area contributed by atoms with Gasteiger partial charge in [-0.1, -0.05) is 13.2 Å². The van der Waals surface area contributed by atoms with Gasteiger partial charge >= 0.3 is 11.9 Å². The number of hydrogen-bond donors (Lipinski definition) is 4. The molecule has 0 aliphatic carbocycles. The first kappa shape index (κ1) is 18.6. The van der Waals surface area contributed by atoms with Crippen molar-refractivity contribution in [3.8, 4) is 0 Å². The van der Waals surface area contributed by atoms with Crippen molar-refractivity contribution < 1.29 is 29.4 Å². The van der Waals surface area contributed by atoms with E-state index in [-0.39, 0.29) is 22.5 Å². The SMILES string of the molecule is C=C(C)C(=O)Nc1ccc(C(=O)O)c(C(=O)O)c1NC(=O)C(=C)C. The second kappa shape index (κ2) is 7.23. The highest BCUT2D eigenvalue weighted by Crippen LogP contribution is 2.30. The Kier molecular flexibility index (Phi) is 5.61. The lowest BCUT2D eigenvalue weighted by atomic mass is 10.0. The van der Waals surface area contributed by atoms with Gasteiger partial charge < -0.3 is 20.8 Å². The van der Waals surface area contributed by atoms with Crippen LogP contribution < -0.4 is 10.6 Å². The van der Waals surface area contributed by atoms with Crippen molar-refractivity contribution in [3.05, 3.63) is 47.6 Å². The Balaban J connectivity index is 3.61. The molecule has 0 saturated heterocycles. The summed E-state index contributed by atoms with van der Waals surface area (Å²) in [6.45, 7) is 9.70. The third-order valence-corrected chi connectivity index (χ3v) is 2.91. The highest BCUT2D eigenvalue weighted by atomic mass is 16.4. The molecule has 0 bridgehead atoms. The Hall–Kier alpha value is -3.42. The summed E-state index contributed by atoms with van der Waals surface area (Å²) in [5.41, 5.74) is -1.38. The minimum absolute atomic E-state index is 0.0694. The Labute approximate surface area is 137 Å². The van der Waals surface area contributed by atoms with E-state index in [4.69, 9.17) is 5.11 Å².